The number of carboxylic acid groups (broad SMARTS) is 1. The van der Waals surface area contributed by atoms with E-state index in [2.05, 4.69) is 42.6 Å². The summed E-state index contributed by atoms with van der Waals surface area (Å²) in [6.07, 6.45) is 8.73. The fraction of sp³-hybridized carbons (Fsp3) is 0.382. The van der Waals surface area contributed by atoms with Crippen LogP contribution >= 0.6 is 0 Å². The van der Waals surface area contributed by atoms with Crippen LogP contribution in [0.4, 0.5) is 11.6 Å². The van der Waals surface area contributed by atoms with E-state index in [4.69, 9.17) is 9.72 Å². The van der Waals surface area contributed by atoms with Crippen LogP contribution in [0.25, 0.3) is 11.3 Å². The molecule has 3 N–H and O–H groups in total. The summed E-state index contributed by atoms with van der Waals surface area (Å²) in [5, 5.41) is 16.6. The zero-order valence-electron chi connectivity index (χ0n) is 25.3. The fourth-order valence-corrected chi connectivity index (χ4v) is 5.34. The van der Waals surface area contributed by atoms with Crippen molar-refractivity contribution in [1.82, 2.24) is 24.8 Å². The lowest BCUT2D eigenvalue weighted by atomic mass is 10.1. The second-order valence-electron chi connectivity index (χ2n) is 11.1. The first-order valence-corrected chi connectivity index (χ1v) is 15.4. The average Bonchev–Trinajstić information content (AvgIpc) is 3.05. The molecule has 10 heteroatoms. The van der Waals surface area contributed by atoms with Gasteiger partial charge in [-0.05, 0) is 75.8 Å². The number of aryl methyl sites for hydroxylation is 3. The maximum absolute atomic E-state index is 12.3. The number of nitrogens with one attached hydrogen (secondary N) is 2. The number of unbranched alkanes of at least 4 members (excludes halogenated alkanes) is 1. The zero-order chi connectivity index (χ0) is 30.6. The molecule has 0 saturated carbocycles. The van der Waals surface area contributed by atoms with Crippen molar-refractivity contribution in [2.24, 2.45) is 0 Å². The first-order chi connectivity index (χ1) is 21.5. The predicted octanol–water partition coefficient (Wildman–Crippen LogP) is 5.26. The summed E-state index contributed by atoms with van der Waals surface area (Å²) in [7, 11) is 0. The van der Waals surface area contributed by atoms with Gasteiger partial charge in [-0.15, -0.1) is 0 Å². The molecule has 0 bridgehead atoms. The van der Waals surface area contributed by atoms with Crippen molar-refractivity contribution in [2.45, 2.75) is 51.5 Å². The number of anilines is 2. The lowest BCUT2D eigenvalue weighted by Crippen LogP contribution is -2.37. The number of hydrogen-bond acceptors (Lipinski definition) is 9. The Hall–Kier alpha value is -4.57. The summed E-state index contributed by atoms with van der Waals surface area (Å²) in [5.74, 6) is 1.37. The number of benzene rings is 1. The fourth-order valence-electron chi connectivity index (χ4n) is 5.34. The average molecular weight is 596 g/mol. The molecule has 1 unspecified atom stereocenters. The number of carbonyl (C=O) groups is 1. The highest BCUT2D eigenvalue weighted by molar-refractivity contribution is 5.77. The van der Waals surface area contributed by atoms with Gasteiger partial charge in [0.2, 0.25) is 0 Å². The molecule has 4 heterocycles. The van der Waals surface area contributed by atoms with E-state index in [1.54, 1.807) is 12.3 Å². The topological polar surface area (TPSA) is 125 Å². The van der Waals surface area contributed by atoms with Crippen LogP contribution in [0.2, 0.25) is 0 Å². The summed E-state index contributed by atoms with van der Waals surface area (Å²) in [4.78, 5) is 32.3. The van der Waals surface area contributed by atoms with E-state index in [1.807, 2.05) is 49.4 Å². The van der Waals surface area contributed by atoms with Gasteiger partial charge in [0.1, 0.15) is 36.4 Å². The summed E-state index contributed by atoms with van der Waals surface area (Å²) in [6.45, 7) is 5.50. The molecular weight excluding hydrogens is 554 g/mol. The minimum absolute atomic E-state index is 0.407. The molecule has 44 heavy (non-hydrogen) atoms. The number of nitrogens with zero attached hydrogens (tertiary/aromatic N) is 5. The van der Waals surface area contributed by atoms with Crippen LogP contribution in [0.15, 0.2) is 73.2 Å². The number of fused-ring (bicyclic) bond motifs is 1. The van der Waals surface area contributed by atoms with Crippen LogP contribution in [-0.4, -0.2) is 74.7 Å². The number of aliphatic carboxylic acids is 1. The van der Waals surface area contributed by atoms with Crippen molar-refractivity contribution >= 4 is 17.6 Å². The molecule has 1 aliphatic heterocycles. The third-order valence-electron chi connectivity index (χ3n) is 7.82. The van der Waals surface area contributed by atoms with Crippen molar-refractivity contribution in [3.8, 4) is 17.0 Å². The van der Waals surface area contributed by atoms with E-state index in [0.29, 0.717) is 31.9 Å². The molecule has 1 atom stereocenters. The van der Waals surface area contributed by atoms with Gasteiger partial charge in [-0.2, -0.15) is 0 Å². The summed E-state index contributed by atoms with van der Waals surface area (Å²) in [6, 6.07) is 18.9. The molecule has 5 rings (SSSR count). The molecule has 10 nitrogen and oxygen atoms in total. The molecule has 3 aromatic heterocycles. The molecule has 0 amide bonds. The van der Waals surface area contributed by atoms with Crippen molar-refractivity contribution in [3.05, 3.63) is 90.1 Å². The molecule has 1 aliphatic rings. The van der Waals surface area contributed by atoms with E-state index < -0.39 is 12.0 Å². The number of hydrogen-bond donors (Lipinski definition) is 3. The Morgan fingerprint density at radius 1 is 1.05 bits per heavy atom. The molecule has 0 spiro atoms. The van der Waals surface area contributed by atoms with Crippen molar-refractivity contribution in [1.29, 1.82) is 0 Å². The van der Waals surface area contributed by atoms with Gasteiger partial charge in [0, 0.05) is 43.2 Å². The molecule has 1 aromatic carbocycles. The van der Waals surface area contributed by atoms with Crippen LogP contribution < -0.4 is 15.4 Å². The first kappa shape index (κ1) is 30.9. The summed E-state index contributed by atoms with van der Waals surface area (Å²) in [5.41, 5.74) is 4.94. The second-order valence-corrected chi connectivity index (χ2v) is 11.1. The third-order valence-corrected chi connectivity index (χ3v) is 7.82. The summed E-state index contributed by atoms with van der Waals surface area (Å²) < 4.78 is 6.03. The van der Waals surface area contributed by atoms with Crippen LogP contribution in [-0.2, 0) is 17.6 Å². The van der Waals surface area contributed by atoms with Gasteiger partial charge in [-0.3, -0.25) is 9.88 Å². The van der Waals surface area contributed by atoms with Crippen LogP contribution in [0.5, 0.6) is 5.75 Å². The maximum Gasteiger partial charge on any atom is 0.326 e. The number of rotatable bonds is 16. The van der Waals surface area contributed by atoms with Gasteiger partial charge in [-0.1, -0.05) is 36.4 Å². The Labute approximate surface area is 259 Å². The largest absolute Gasteiger partial charge is 0.490 e. The Morgan fingerprint density at radius 3 is 2.77 bits per heavy atom. The maximum atomic E-state index is 12.3. The van der Waals surface area contributed by atoms with Crippen LogP contribution in [0.1, 0.15) is 42.6 Å². The molecular formula is C34H41N7O3. The van der Waals surface area contributed by atoms with Gasteiger partial charge >= 0.3 is 5.97 Å². The highest BCUT2D eigenvalue weighted by Gasteiger charge is 2.20. The van der Waals surface area contributed by atoms with Crippen molar-refractivity contribution in [3.63, 3.8) is 0 Å². The Kier molecular flexibility index (Phi) is 11.1. The normalized spacial score (nSPS) is 13.1. The van der Waals surface area contributed by atoms with Gasteiger partial charge in [-0.25, -0.2) is 19.7 Å². The van der Waals surface area contributed by atoms with Gasteiger partial charge in [0.25, 0.3) is 0 Å². The zero-order valence-corrected chi connectivity index (χ0v) is 25.3. The van der Waals surface area contributed by atoms with Gasteiger partial charge in [0.15, 0.2) is 0 Å². The Bertz CT molecular complexity index is 1500. The second kappa shape index (κ2) is 15.8. The Morgan fingerprint density at radius 2 is 1.93 bits per heavy atom. The molecule has 4 aromatic rings. The number of pyridine rings is 2. The number of aromatic nitrogens is 4. The standard InChI is InChI=1S/C34H41N7O3/c1-25-31(13-8-17-35-25)44-22-21-41(19-6-5-12-28-15-14-27-11-7-18-36-33(27)39-28)20-16-29(34(42)43)40-32-23-30(37-24-38-32)26-9-3-2-4-10-26/h2-4,8-10,13-15,17,23-24,29H,5-7,11-12,16,18-22H2,1H3,(H,36,39)(H,42,43)(H,37,38,40). The minimum Gasteiger partial charge on any atom is -0.490 e. The highest BCUT2D eigenvalue weighted by atomic mass is 16.5. The van der Waals surface area contributed by atoms with E-state index in [0.717, 1.165) is 79.4 Å². The molecule has 0 saturated heterocycles. The third kappa shape index (κ3) is 8.97. The van der Waals surface area contributed by atoms with Gasteiger partial charge in [0.05, 0.1) is 11.4 Å². The molecule has 0 fully saturated rings. The summed E-state index contributed by atoms with van der Waals surface area (Å²) >= 11 is 0. The lowest BCUT2D eigenvalue weighted by Gasteiger charge is -2.25. The monoisotopic (exact) mass is 595 g/mol. The Balaban J connectivity index is 1.17. The van der Waals surface area contributed by atoms with E-state index >= 15 is 0 Å². The minimum atomic E-state index is -0.917. The van der Waals surface area contributed by atoms with E-state index in [9.17, 15) is 9.90 Å². The molecule has 0 aliphatic carbocycles. The number of ether oxygens (including phenoxy) is 1. The van der Waals surface area contributed by atoms with Crippen molar-refractivity contribution < 1.29 is 14.6 Å². The van der Waals surface area contributed by atoms with Crippen LogP contribution in [0, 0.1) is 6.92 Å². The SMILES string of the molecule is Cc1ncccc1OCCN(CCCCc1ccc2c(n1)NCCC2)CCC(Nc1cc(-c2ccccc2)ncn1)C(=O)O. The van der Waals surface area contributed by atoms with Crippen molar-refractivity contribution in [2.75, 3.05) is 43.4 Å². The van der Waals surface area contributed by atoms with Gasteiger partial charge < -0.3 is 20.5 Å². The quantitative estimate of drug-likeness (QED) is 0.148. The number of carboxylic acids is 1. The lowest BCUT2D eigenvalue weighted by molar-refractivity contribution is -0.138. The molecule has 0 radical (unpaired) electrons. The predicted molar refractivity (Wildman–Crippen MR) is 172 cm³/mol. The van der Waals surface area contributed by atoms with E-state index in [-0.39, 0.29) is 0 Å². The smallest absolute Gasteiger partial charge is 0.326 e. The molecule has 230 valence electrons. The van der Waals surface area contributed by atoms with Crippen LogP contribution in [0.3, 0.4) is 0 Å². The van der Waals surface area contributed by atoms with E-state index in [1.165, 1.54) is 11.9 Å². The first-order valence-electron chi connectivity index (χ1n) is 15.4. The highest BCUT2D eigenvalue weighted by Crippen LogP contribution is 2.21.